The van der Waals surface area contributed by atoms with Crippen LogP contribution >= 0.6 is 34.7 Å². The summed E-state index contributed by atoms with van der Waals surface area (Å²) in [6, 6.07) is 3.71. The lowest BCUT2D eigenvalue weighted by Gasteiger charge is -2.21. The van der Waals surface area contributed by atoms with Crippen molar-refractivity contribution in [2.24, 2.45) is 0 Å². The van der Waals surface area contributed by atoms with Gasteiger partial charge in [-0.25, -0.2) is 0 Å². The predicted octanol–water partition coefficient (Wildman–Crippen LogP) is 1.72. The van der Waals surface area contributed by atoms with E-state index in [2.05, 4.69) is 5.32 Å². The molecule has 0 spiro atoms. The first kappa shape index (κ1) is 12.7. The lowest BCUT2D eigenvalue weighted by Crippen LogP contribution is -2.37. The molecule has 0 bridgehead atoms. The van der Waals surface area contributed by atoms with Gasteiger partial charge in [-0.3, -0.25) is 9.59 Å². The number of hydrogen-bond donors (Lipinski definition) is 1. The Morgan fingerprint density at radius 1 is 1.65 bits per heavy atom. The van der Waals surface area contributed by atoms with Crippen molar-refractivity contribution < 1.29 is 9.59 Å². The molecule has 0 aromatic carbocycles. The zero-order valence-corrected chi connectivity index (χ0v) is 11.5. The van der Waals surface area contributed by atoms with Crippen LogP contribution in [0.5, 0.6) is 0 Å². The summed E-state index contributed by atoms with van der Waals surface area (Å²) in [7, 11) is 1.56. The largest absolute Gasteiger partial charge is 0.358 e. The molecule has 2 rings (SSSR count). The van der Waals surface area contributed by atoms with Gasteiger partial charge in [0.1, 0.15) is 11.9 Å². The average molecular weight is 291 g/mol. The minimum atomic E-state index is -0.159. The van der Waals surface area contributed by atoms with Crippen LogP contribution in [0.1, 0.15) is 10.3 Å². The molecule has 1 aliphatic heterocycles. The van der Waals surface area contributed by atoms with Crippen LogP contribution in [0.25, 0.3) is 0 Å². The quantitative estimate of drug-likeness (QED) is 0.922. The number of likely N-dealkylation sites (N-methyl/N-ethyl adjacent to an activating group) is 1. The maximum Gasteiger partial charge on any atom is 0.239 e. The topological polar surface area (TPSA) is 49.4 Å². The highest BCUT2D eigenvalue weighted by molar-refractivity contribution is 8.00. The summed E-state index contributed by atoms with van der Waals surface area (Å²) in [4.78, 5) is 25.7. The standard InChI is InChI=1S/C10H11ClN2O2S2/c1-12-8(14)4-13-9(15)5-16-10(13)6-2-3-7(11)17-6/h2-3,10H,4-5H2,1H3,(H,12,14). The van der Waals surface area contributed by atoms with Crippen LogP contribution < -0.4 is 5.32 Å². The van der Waals surface area contributed by atoms with Crippen LogP contribution in [0.3, 0.4) is 0 Å². The van der Waals surface area contributed by atoms with Crippen LogP contribution in [0.15, 0.2) is 12.1 Å². The maximum absolute atomic E-state index is 11.7. The summed E-state index contributed by atoms with van der Waals surface area (Å²) in [6.45, 7) is 0.0997. The predicted molar refractivity (Wildman–Crippen MR) is 70.3 cm³/mol. The summed E-state index contributed by atoms with van der Waals surface area (Å²) in [5, 5.41) is 2.44. The van der Waals surface area contributed by atoms with E-state index in [-0.39, 0.29) is 23.7 Å². The molecule has 1 saturated heterocycles. The molecule has 1 aliphatic rings. The Morgan fingerprint density at radius 2 is 2.41 bits per heavy atom. The molecule has 0 aliphatic carbocycles. The molecule has 2 heterocycles. The van der Waals surface area contributed by atoms with Crippen molar-refractivity contribution in [1.29, 1.82) is 0 Å². The van der Waals surface area contributed by atoms with Crippen LogP contribution in [0.2, 0.25) is 4.34 Å². The SMILES string of the molecule is CNC(=O)CN1C(=O)CSC1c1ccc(Cl)s1. The Kier molecular flexibility index (Phi) is 3.96. The van der Waals surface area contributed by atoms with Crippen LogP contribution in [-0.2, 0) is 9.59 Å². The van der Waals surface area contributed by atoms with Crippen molar-refractivity contribution >= 4 is 46.5 Å². The normalized spacial score (nSPS) is 19.8. The molecule has 4 nitrogen and oxygen atoms in total. The fourth-order valence-electron chi connectivity index (χ4n) is 1.56. The molecular formula is C10H11ClN2O2S2. The molecule has 92 valence electrons. The maximum atomic E-state index is 11.7. The van der Waals surface area contributed by atoms with Crippen LogP contribution in [0, 0.1) is 0 Å². The van der Waals surface area contributed by atoms with E-state index in [9.17, 15) is 9.59 Å². The molecule has 1 aromatic heterocycles. The van der Waals surface area contributed by atoms with Gasteiger partial charge >= 0.3 is 0 Å². The van der Waals surface area contributed by atoms with E-state index >= 15 is 0 Å². The first-order chi connectivity index (χ1) is 8.11. The Hall–Kier alpha value is -0.720. The minimum Gasteiger partial charge on any atom is -0.358 e. The van der Waals surface area contributed by atoms with Crippen molar-refractivity contribution in [3.63, 3.8) is 0 Å². The third-order valence-corrected chi connectivity index (χ3v) is 5.07. The monoisotopic (exact) mass is 290 g/mol. The number of nitrogens with zero attached hydrogens (tertiary/aromatic N) is 1. The van der Waals surface area contributed by atoms with Gasteiger partial charge in [0.25, 0.3) is 0 Å². The molecule has 17 heavy (non-hydrogen) atoms. The van der Waals surface area contributed by atoms with E-state index in [1.165, 1.54) is 23.1 Å². The zero-order valence-electron chi connectivity index (χ0n) is 9.10. The molecule has 1 unspecified atom stereocenters. The highest BCUT2D eigenvalue weighted by Crippen LogP contribution is 2.42. The molecule has 1 atom stereocenters. The summed E-state index contributed by atoms with van der Waals surface area (Å²) < 4.78 is 0.694. The zero-order chi connectivity index (χ0) is 12.4. The molecule has 1 aromatic rings. The molecule has 0 radical (unpaired) electrons. The second-order valence-electron chi connectivity index (χ2n) is 3.50. The van der Waals surface area contributed by atoms with Crippen molar-refractivity contribution in [3.05, 3.63) is 21.3 Å². The number of carbonyl (C=O) groups is 2. The van der Waals surface area contributed by atoms with E-state index < -0.39 is 0 Å². The van der Waals surface area contributed by atoms with Gasteiger partial charge in [-0.05, 0) is 12.1 Å². The van der Waals surface area contributed by atoms with Gasteiger partial charge in [0.2, 0.25) is 11.8 Å². The number of rotatable bonds is 3. The molecule has 2 amide bonds. The van der Waals surface area contributed by atoms with Crippen molar-refractivity contribution in [2.75, 3.05) is 19.3 Å². The lowest BCUT2D eigenvalue weighted by molar-refractivity contribution is -0.133. The third-order valence-electron chi connectivity index (χ3n) is 2.40. The van der Waals surface area contributed by atoms with Gasteiger partial charge in [0.05, 0.1) is 10.1 Å². The molecule has 1 fully saturated rings. The van der Waals surface area contributed by atoms with Gasteiger partial charge in [0.15, 0.2) is 0 Å². The summed E-state index contributed by atoms with van der Waals surface area (Å²) in [5.41, 5.74) is 0. The van der Waals surface area contributed by atoms with E-state index in [1.807, 2.05) is 12.1 Å². The number of halogens is 1. The summed E-state index contributed by atoms with van der Waals surface area (Å²) >= 11 is 8.85. The van der Waals surface area contributed by atoms with Gasteiger partial charge in [0, 0.05) is 11.9 Å². The fraction of sp³-hybridized carbons (Fsp3) is 0.400. The molecule has 0 saturated carbocycles. The lowest BCUT2D eigenvalue weighted by atomic mass is 10.4. The van der Waals surface area contributed by atoms with Gasteiger partial charge in [-0.2, -0.15) is 0 Å². The van der Waals surface area contributed by atoms with Crippen molar-refractivity contribution in [2.45, 2.75) is 5.37 Å². The molecular weight excluding hydrogens is 280 g/mol. The smallest absolute Gasteiger partial charge is 0.239 e. The second kappa shape index (κ2) is 5.29. The minimum absolute atomic E-state index is 0.00637. The highest BCUT2D eigenvalue weighted by Gasteiger charge is 2.34. The second-order valence-corrected chi connectivity index (χ2v) is 6.32. The van der Waals surface area contributed by atoms with Gasteiger partial charge in [-0.15, -0.1) is 23.1 Å². The third kappa shape index (κ3) is 2.75. The molecule has 7 heteroatoms. The summed E-state index contributed by atoms with van der Waals surface area (Å²) in [6.07, 6.45) is 0. The molecule has 1 N–H and O–H groups in total. The van der Waals surface area contributed by atoms with E-state index in [1.54, 1.807) is 11.9 Å². The Morgan fingerprint density at radius 3 is 3.00 bits per heavy atom. The van der Waals surface area contributed by atoms with Gasteiger partial charge in [-0.1, -0.05) is 11.6 Å². The average Bonchev–Trinajstić information content (AvgIpc) is 2.87. The van der Waals surface area contributed by atoms with Gasteiger partial charge < -0.3 is 10.2 Å². The van der Waals surface area contributed by atoms with Crippen LogP contribution in [-0.4, -0.2) is 36.1 Å². The van der Waals surface area contributed by atoms with Crippen LogP contribution in [0.4, 0.5) is 0 Å². The number of thiophene rings is 1. The fourth-order valence-corrected chi connectivity index (χ4v) is 4.04. The summed E-state index contributed by atoms with van der Waals surface area (Å²) in [5.74, 6) is 0.249. The van der Waals surface area contributed by atoms with Crippen molar-refractivity contribution in [1.82, 2.24) is 10.2 Å². The Bertz CT molecular complexity index is 449. The Labute approximate surface area is 112 Å². The van der Waals surface area contributed by atoms with E-state index in [4.69, 9.17) is 11.6 Å². The first-order valence-electron chi connectivity index (χ1n) is 4.98. The number of thioether (sulfide) groups is 1. The Balaban J connectivity index is 2.16. The number of hydrogen-bond acceptors (Lipinski definition) is 4. The van der Waals surface area contributed by atoms with Crippen molar-refractivity contribution in [3.8, 4) is 0 Å². The first-order valence-corrected chi connectivity index (χ1v) is 7.23. The highest BCUT2D eigenvalue weighted by atomic mass is 35.5. The van der Waals surface area contributed by atoms with E-state index in [0.717, 1.165) is 4.88 Å². The number of amides is 2. The number of nitrogens with one attached hydrogen (secondary N) is 1. The van der Waals surface area contributed by atoms with E-state index in [0.29, 0.717) is 10.1 Å². The number of carbonyl (C=O) groups excluding carboxylic acids is 2.